The van der Waals surface area contributed by atoms with E-state index in [0.29, 0.717) is 25.8 Å². The van der Waals surface area contributed by atoms with Gasteiger partial charge >= 0.3 is 5.97 Å². The van der Waals surface area contributed by atoms with E-state index in [1.165, 1.54) is 57.8 Å². The number of nitrogens with one attached hydrogen (secondary N) is 2. The van der Waals surface area contributed by atoms with Crippen molar-refractivity contribution >= 4 is 17.8 Å². The molecule has 0 fully saturated rings. The molecule has 0 saturated heterocycles. The van der Waals surface area contributed by atoms with Crippen molar-refractivity contribution in [2.45, 2.75) is 142 Å². The van der Waals surface area contributed by atoms with Gasteiger partial charge in [-0.3, -0.25) is 14.4 Å². The number of hydrogen-bond acceptors (Lipinski definition) is 5. The summed E-state index contributed by atoms with van der Waals surface area (Å²) in [4.78, 5) is 34.6. The Morgan fingerprint density at radius 3 is 1.87 bits per heavy atom. The molecule has 0 aromatic heterocycles. The van der Waals surface area contributed by atoms with Gasteiger partial charge in [-0.2, -0.15) is 0 Å². The lowest BCUT2D eigenvalue weighted by atomic mass is 9.78. The molecule has 0 aliphatic rings. The minimum Gasteiger partial charge on any atom is -0.481 e. The molecular weight excluding hydrogens is 484 g/mol. The van der Waals surface area contributed by atoms with E-state index in [9.17, 15) is 24.6 Å². The van der Waals surface area contributed by atoms with Gasteiger partial charge in [0.25, 0.3) is 0 Å². The van der Waals surface area contributed by atoms with Crippen molar-refractivity contribution in [3.05, 3.63) is 12.2 Å². The molecule has 2 amide bonds. The number of carbonyl (C=O) groups is 3. The Morgan fingerprint density at radius 1 is 0.737 bits per heavy atom. The predicted octanol–water partition coefficient (Wildman–Crippen LogP) is 5.26. The van der Waals surface area contributed by atoms with E-state index in [-0.39, 0.29) is 18.9 Å². The maximum Gasteiger partial charge on any atom is 0.305 e. The van der Waals surface area contributed by atoms with Crippen LogP contribution in [0.15, 0.2) is 12.2 Å². The van der Waals surface area contributed by atoms with Crippen molar-refractivity contribution in [1.29, 1.82) is 0 Å². The van der Waals surface area contributed by atoms with Crippen molar-refractivity contribution in [2.24, 2.45) is 5.41 Å². The zero-order chi connectivity index (χ0) is 28.7. The maximum absolute atomic E-state index is 12.1. The number of aliphatic hydroxyl groups excluding tert-OH is 2. The molecule has 38 heavy (non-hydrogen) atoms. The summed E-state index contributed by atoms with van der Waals surface area (Å²) < 4.78 is 0. The second-order valence-corrected chi connectivity index (χ2v) is 11.0. The van der Waals surface area contributed by atoms with E-state index in [4.69, 9.17) is 5.11 Å². The van der Waals surface area contributed by atoms with Crippen LogP contribution in [-0.4, -0.2) is 58.4 Å². The molecule has 5 N–H and O–H groups in total. The number of allylic oxidation sites excluding steroid dienone is 2. The second kappa shape index (κ2) is 23.0. The summed E-state index contributed by atoms with van der Waals surface area (Å²) in [6, 6.07) is 0. The Hall–Kier alpha value is -1.93. The highest BCUT2D eigenvalue weighted by Gasteiger charge is 2.39. The number of aliphatic hydroxyl groups is 2. The number of carboxylic acid groups (broad SMARTS) is 1. The Kier molecular flexibility index (Phi) is 21.8. The Balaban J connectivity index is 3.76. The monoisotopic (exact) mass is 540 g/mol. The number of carbonyl (C=O) groups excluding carboxylic acids is 2. The molecule has 0 aliphatic heterocycles. The van der Waals surface area contributed by atoms with Crippen molar-refractivity contribution in [1.82, 2.24) is 10.6 Å². The molecule has 0 heterocycles. The lowest BCUT2D eigenvalue weighted by molar-refractivity contribution is -0.142. The van der Waals surface area contributed by atoms with Crippen LogP contribution in [0.1, 0.15) is 130 Å². The van der Waals surface area contributed by atoms with Gasteiger partial charge in [-0.1, -0.05) is 84.3 Å². The van der Waals surface area contributed by atoms with Crippen LogP contribution in [0.25, 0.3) is 0 Å². The number of amides is 2. The van der Waals surface area contributed by atoms with Crippen LogP contribution in [0.5, 0.6) is 0 Å². The van der Waals surface area contributed by atoms with Gasteiger partial charge in [0, 0.05) is 24.9 Å². The molecule has 2 unspecified atom stereocenters. The minimum absolute atomic E-state index is 0.00854. The maximum atomic E-state index is 12.1. The van der Waals surface area contributed by atoms with Crippen LogP contribution in [0, 0.1) is 5.41 Å². The Bertz CT molecular complexity index is 665. The first-order valence-electron chi connectivity index (χ1n) is 14.9. The zero-order valence-electron chi connectivity index (χ0n) is 24.3. The van der Waals surface area contributed by atoms with E-state index in [0.717, 1.165) is 25.7 Å². The average molecular weight is 541 g/mol. The first-order valence-corrected chi connectivity index (χ1v) is 14.9. The van der Waals surface area contributed by atoms with Crippen LogP contribution < -0.4 is 10.6 Å². The van der Waals surface area contributed by atoms with Crippen LogP contribution >= 0.6 is 0 Å². The van der Waals surface area contributed by atoms with Crippen molar-refractivity contribution < 1.29 is 29.7 Å². The number of rotatable bonds is 25. The molecule has 0 radical (unpaired) electrons. The van der Waals surface area contributed by atoms with Gasteiger partial charge in [0.05, 0.1) is 12.5 Å². The molecular formula is C30H56N2O6. The highest BCUT2D eigenvalue weighted by atomic mass is 16.4. The first kappa shape index (κ1) is 36.1. The molecule has 0 spiro atoms. The average Bonchev–Trinajstić information content (AvgIpc) is 2.87. The first-order chi connectivity index (χ1) is 18.1. The normalized spacial score (nSPS) is 13.4. The summed E-state index contributed by atoms with van der Waals surface area (Å²) >= 11 is 0. The van der Waals surface area contributed by atoms with Gasteiger partial charge in [0.1, 0.15) is 6.10 Å². The quantitative estimate of drug-likeness (QED) is 0.0792. The molecule has 8 nitrogen and oxygen atoms in total. The van der Waals surface area contributed by atoms with Crippen molar-refractivity contribution in [3.63, 3.8) is 0 Å². The number of hydrogen-bond donors (Lipinski definition) is 5. The minimum atomic E-state index is -1.47. The van der Waals surface area contributed by atoms with Crippen LogP contribution in [0.4, 0.5) is 0 Å². The van der Waals surface area contributed by atoms with E-state index in [1.54, 1.807) is 13.8 Å². The SMILES string of the molecule is CCCCCCCC/C=C\CCCCCCCC(=O)NCCCC(O)C(C)(C)C(O)C(=O)NCCC(=O)O. The standard InChI is InChI=1S/C30H56N2O6/c1-4-5-6-7-8-9-10-11-12-13-14-15-16-17-18-21-26(34)31-23-19-20-25(33)30(2,3)28(37)29(38)32-24-22-27(35)36/h11-12,25,28,33,37H,4-10,13-24H2,1-3H3,(H,31,34)(H,32,38)(H,35,36)/b12-11-. The van der Waals surface area contributed by atoms with E-state index >= 15 is 0 Å². The lowest BCUT2D eigenvalue weighted by Gasteiger charge is -2.34. The van der Waals surface area contributed by atoms with Gasteiger partial charge < -0.3 is 26.0 Å². The van der Waals surface area contributed by atoms with Crippen LogP contribution in [-0.2, 0) is 14.4 Å². The number of carboxylic acids is 1. The number of unbranched alkanes of at least 4 members (excludes halogenated alkanes) is 11. The highest BCUT2D eigenvalue weighted by Crippen LogP contribution is 2.28. The van der Waals surface area contributed by atoms with Gasteiger partial charge in [0.15, 0.2) is 0 Å². The largest absolute Gasteiger partial charge is 0.481 e. The summed E-state index contributed by atoms with van der Waals surface area (Å²) in [5, 5.41) is 34.7. The van der Waals surface area contributed by atoms with Crippen molar-refractivity contribution in [3.8, 4) is 0 Å². The summed E-state index contributed by atoms with van der Waals surface area (Å²) in [6.07, 6.45) is 19.2. The fourth-order valence-corrected chi connectivity index (χ4v) is 4.25. The van der Waals surface area contributed by atoms with Gasteiger partial charge in [-0.15, -0.1) is 0 Å². The van der Waals surface area contributed by atoms with Crippen LogP contribution in [0.3, 0.4) is 0 Å². The fourth-order valence-electron chi connectivity index (χ4n) is 4.25. The molecule has 0 rings (SSSR count). The molecule has 8 heteroatoms. The van der Waals surface area contributed by atoms with E-state index in [1.807, 2.05) is 0 Å². The fraction of sp³-hybridized carbons (Fsp3) is 0.833. The molecule has 222 valence electrons. The van der Waals surface area contributed by atoms with Gasteiger partial charge in [-0.25, -0.2) is 0 Å². The highest BCUT2D eigenvalue weighted by molar-refractivity contribution is 5.81. The Labute approximate surface area is 231 Å². The molecule has 2 atom stereocenters. The third-order valence-electron chi connectivity index (χ3n) is 7.09. The third-order valence-corrected chi connectivity index (χ3v) is 7.09. The van der Waals surface area contributed by atoms with E-state index < -0.39 is 29.5 Å². The molecule has 0 aromatic rings. The van der Waals surface area contributed by atoms with Crippen molar-refractivity contribution in [2.75, 3.05) is 13.1 Å². The summed E-state index contributed by atoms with van der Waals surface area (Å²) in [6.45, 7) is 5.77. The van der Waals surface area contributed by atoms with Crippen LogP contribution in [0.2, 0.25) is 0 Å². The molecule has 0 aromatic carbocycles. The topological polar surface area (TPSA) is 136 Å². The molecule has 0 bridgehead atoms. The lowest BCUT2D eigenvalue weighted by Crippen LogP contribution is -2.49. The van der Waals surface area contributed by atoms with E-state index in [2.05, 4.69) is 29.7 Å². The summed E-state index contributed by atoms with van der Waals surface area (Å²) in [7, 11) is 0. The van der Waals surface area contributed by atoms with Gasteiger partial charge in [-0.05, 0) is 44.9 Å². The molecule has 0 saturated carbocycles. The number of aliphatic carboxylic acids is 1. The third kappa shape index (κ3) is 19.2. The van der Waals surface area contributed by atoms with Gasteiger partial charge in [0.2, 0.25) is 11.8 Å². The zero-order valence-corrected chi connectivity index (χ0v) is 24.3. The Morgan fingerprint density at radius 2 is 1.29 bits per heavy atom. The second-order valence-electron chi connectivity index (χ2n) is 11.0. The summed E-state index contributed by atoms with van der Waals surface area (Å²) in [5.74, 6) is -1.74. The summed E-state index contributed by atoms with van der Waals surface area (Å²) in [5.41, 5.74) is -1.11. The molecule has 0 aliphatic carbocycles. The smallest absolute Gasteiger partial charge is 0.305 e. The predicted molar refractivity (Wildman–Crippen MR) is 153 cm³/mol.